The monoisotopic (exact) mass is 347 g/mol. The normalized spacial score (nSPS) is 22.0. The van der Waals surface area contributed by atoms with Crippen molar-refractivity contribution in [1.82, 2.24) is 14.8 Å². The highest BCUT2D eigenvalue weighted by molar-refractivity contribution is 5.94. The van der Waals surface area contributed by atoms with E-state index in [2.05, 4.69) is 0 Å². The van der Waals surface area contributed by atoms with Crippen LogP contribution in [0, 0.1) is 0 Å². The van der Waals surface area contributed by atoms with Crippen LogP contribution in [-0.2, 0) is 6.18 Å². The summed E-state index contributed by atoms with van der Waals surface area (Å²) in [6.45, 7) is 0.722. The lowest BCUT2D eigenvalue weighted by Crippen LogP contribution is -2.55. The smallest absolute Gasteiger partial charge is 0.387 e. The third-order valence-electron chi connectivity index (χ3n) is 3.90. The van der Waals surface area contributed by atoms with Crippen LogP contribution in [0.2, 0.25) is 0 Å². The zero-order valence-corrected chi connectivity index (χ0v) is 13.5. The highest BCUT2D eigenvalue weighted by Crippen LogP contribution is 2.27. The lowest BCUT2D eigenvalue weighted by Gasteiger charge is -2.40. The van der Waals surface area contributed by atoms with Crippen LogP contribution < -0.4 is 5.56 Å². The van der Waals surface area contributed by atoms with E-state index in [1.807, 2.05) is 0 Å². The molecule has 1 aromatic rings. The topological polar surface area (TPSA) is 76.6 Å². The van der Waals surface area contributed by atoms with E-state index >= 15 is 0 Å². The molecule has 0 unspecified atom stereocenters. The van der Waals surface area contributed by atoms with E-state index in [0.717, 1.165) is 6.07 Å². The highest BCUT2D eigenvalue weighted by atomic mass is 19.4. The van der Waals surface area contributed by atoms with Gasteiger partial charge in [-0.2, -0.15) is 13.2 Å². The first-order valence-corrected chi connectivity index (χ1v) is 7.49. The number of pyridine rings is 1. The van der Waals surface area contributed by atoms with Crippen LogP contribution in [0.1, 0.15) is 28.9 Å². The van der Waals surface area contributed by atoms with E-state index in [9.17, 15) is 27.9 Å². The Labute approximate surface area is 136 Å². The number of piperidine rings is 1. The zero-order valence-electron chi connectivity index (χ0n) is 13.5. The fraction of sp³-hybridized carbons (Fsp3) is 0.600. The molecule has 0 aromatic carbocycles. The van der Waals surface area contributed by atoms with Gasteiger partial charge in [0.15, 0.2) is 0 Å². The Morgan fingerprint density at radius 1 is 1.42 bits per heavy atom. The zero-order chi connectivity index (χ0) is 18.1. The SMILES string of the molecule is CN(C)C[C@]1(O)CCCN(C(=O)c2ccc(C(F)(F)F)[nH]c2=O)C1. The van der Waals surface area contributed by atoms with Crippen molar-refractivity contribution in [2.45, 2.75) is 24.6 Å². The third kappa shape index (κ3) is 4.15. The molecular weight excluding hydrogens is 327 g/mol. The summed E-state index contributed by atoms with van der Waals surface area (Å²) in [5.41, 5.74) is -3.75. The minimum atomic E-state index is -4.68. The standard InChI is InChI=1S/C15H20F3N3O3/c1-20(2)8-14(24)6-3-7-21(9-14)13(23)10-4-5-11(15(16,17)18)19-12(10)22/h4-5,24H,3,6-9H2,1-2H3,(H,19,22)/t14-/m1/s1. The molecule has 1 aromatic heterocycles. The van der Waals surface area contributed by atoms with E-state index in [0.29, 0.717) is 32.0 Å². The molecule has 0 saturated carbocycles. The molecule has 1 aliphatic heterocycles. The quantitative estimate of drug-likeness (QED) is 0.853. The summed E-state index contributed by atoms with van der Waals surface area (Å²) in [6, 6.07) is 1.55. The maximum Gasteiger partial charge on any atom is 0.431 e. The van der Waals surface area contributed by atoms with Crippen LogP contribution in [0.5, 0.6) is 0 Å². The maximum absolute atomic E-state index is 12.6. The molecule has 1 atom stereocenters. The van der Waals surface area contributed by atoms with Crippen LogP contribution in [0.15, 0.2) is 16.9 Å². The number of H-pyrrole nitrogens is 1. The number of nitrogens with zero attached hydrogens (tertiary/aromatic N) is 2. The summed E-state index contributed by atoms with van der Waals surface area (Å²) in [5, 5.41) is 10.6. The predicted molar refractivity (Wildman–Crippen MR) is 80.7 cm³/mol. The van der Waals surface area contributed by atoms with Gasteiger partial charge in [-0.25, -0.2) is 0 Å². The van der Waals surface area contributed by atoms with E-state index in [-0.39, 0.29) is 12.1 Å². The average Bonchev–Trinajstić information content (AvgIpc) is 2.44. The van der Waals surface area contributed by atoms with Crippen LogP contribution in [0.25, 0.3) is 0 Å². The Morgan fingerprint density at radius 2 is 2.08 bits per heavy atom. The number of β-amino-alcohol motifs (C(OH)–C–C–N with tert-alkyl or cyclic N) is 1. The van der Waals surface area contributed by atoms with E-state index in [4.69, 9.17) is 0 Å². The van der Waals surface area contributed by atoms with Gasteiger partial charge in [0.25, 0.3) is 11.5 Å². The van der Waals surface area contributed by atoms with Crippen molar-refractivity contribution in [1.29, 1.82) is 0 Å². The number of rotatable bonds is 3. The third-order valence-corrected chi connectivity index (χ3v) is 3.90. The molecule has 134 valence electrons. The summed E-state index contributed by atoms with van der Waals surface area (Å²) in [7, 11) is 3.58. The average molecular weight is 347 g/mol. The summed E-state index contributed by atoms with van der Waals surface area (Å²) in [4.78, 5) is 29.1. The summed E-state index contributed by atoms with van der Waals surface area (Å²) < 4.78 is 37.7. The number of aromatic nitrogens is 1. The van der Waals surface area contributed by atoms with Crippen molar-refractivity contribution in [3.63, 3.8) is 0 Å². The van der Waals surface area contributed by atoms with Crippen molar-refractivity contribution >= 4 is 5.91 Å². The second-order valence-electron chi connectivity index (χ2n) is 6.40. The van der Waals surface area contributed by atoms with Crippen LogP contribution >= 0.6 is 0 Å². The highest BCUT2D eigenvalue weighted by Gasteiger charge is 2.37. The van der Waals surface area contributed by atoms with E-state index in [1.54, 1.807) is 24.0 Å². The molecule has 6 nitrogen and oxygen atoms in total. The molecule has 2 rings (SSSR count). The number of carbonyl (C=O) groups is 1. The molecule has 1 fully saturated rings. The summed E-state index contributed by atoms with van der Waals surface area (Å²) >= 11 is 0. The molecule has 9 heteroatoms. The van der Waals surface area contributed by atoms with E-state index < -0.39 is 28.9 Å². The number of amides is 1. The lowest BCUT2D eigenvalue weighted by atomic mass is 9.92. The fourth-order valence-electron chi connectivity index (χ4n) is 2.98. The molecule has 0 radical (unpaired) electrons. The van der Waals surface area contributed by atoms with Gasteiger partial charge in [0.2, 0.25) is 0 Å². The first-order chi connectivity index (χ1) is 11.0. The summed E-state index contributed by atoms with van der Waals surface area (Å²) in [6.07, 6.45) is -3.62. The number of nitrogens with one attached hydrogen (secondary N) is 1. The van der Waals surface area contributed by atoms with Crippen LogP contribution in [-0.4, -0.2) is 65.1 Å². The molecule has 1 aliphatic rings. The summed E-state index contributed by atoms with van der Waals surface area (Å²) in [5.74, 6) is -0.679. The van der Waals surface area contributed by atoms with Gasteiger partial charge in [-0.3, -0.25) is 9.59 Å². The Morgan fingerprint density at radius 3 is 2.62 bits per heavy atom. The Bertz CT molecular complexity index is 672. The first-order valence-electron chi connectivity index (χ1n) is 7.49. The lowest BCUT2D eigenvalue weighted by molar-refractivity contribution is -0.141. The maximum atomic E-state index is 12.6. The van der Waals surface area contributed by atoms with Gasteiger partial charge in [-0.15, -0.1) is 0 Å². The Hall–Kier alpha value is -1.87. The number of hydrogen-bond acceptors (Lipinski definition) is 4. The number of hydrogen-bond donors (Lipinski definition) is 2. The molecule has 1 saturated heterocycles. The van der Waals surface area contributed by atoms with Gasteiger partial charge in [-0.05, 0) is 39.1 Å². The van der Waals surface area contributed by atoms with Gasteiger partial charge in [-0.1, -0.05) is 0 Å². The number of likely N-dealkylation sites (tertiary alicyclic amines) is 1. The Balaban J connectivity index is 2.21. The fourth-order valence-corrected chi connectivity index (χ4v) is 2.98. The second kappa shape index (κ2) is 6.56. The largest absolute Gasteiger partial charge is 0.431 e. The van der Waals surface area contributed by atoms with Crippen molar-refractivity contribution in [2.75, 3.05) is 33.7 Å². The van der Waals surface area contributed by atoms with E-state index in [1.165, 1.54) is 4.90 Å². The van der Waals surface area contributed by atoms with Gasteiger partial charge in [0, 0.05) is 13.1 Å². The van der Waals surface area contributed by atoms with Crippen molar-refractivity contribution < 1.29 is 23.1 Å². The van der Waals surface area contributed by atoms with Crippen molar-refractivity contribution in [3.8, 4) is 0 Å². The second-order valence-corrected chi connectivity index (χ2v) is 6.40. The number of alkyl halides is 3. The van der Waals surface area contributed by atoms with Crippen LogP contribution in [0.3, 0.4) is 0 Å². The number of aliphatic hydroxyl groups is 1. The van der Waals surface area contributed by atoms with Crippen LogP contribution in [0.4, 0.5) is 13.2 Å². The number of aromatic amines is 1. The minimum Gasteiger partial charge on any atom is -0.387 e. The van der Waals surface area contributed by atoms with Gasteiger partial charge >= 0.3 is 6.18 Å². The molecule has 0 bridgehead atoms. The van der Waals surface area contributed by atoms with Crippen molar-refractivity contribution in [2.24, 2.45) is 0 Å². The Kier molecular flexibility index (Phi) is 5.05. The van der Waals surface area contributed by atoms with Crippen molar-refractivity contribution in [3.05, 3.63) is 33.7 Å². The predicted octanol–water partition coefficient (Wildman–Crippen LogP) is 0.922. The number of likely N-dealkylation sites (N-methyl/N-ethyl adjacent to an activating group) is 1. The van der Waals surface area contributed by atoms with Gasteiger partial charge in [0.05, 0.1) is 12.1 Å². The molecule has 2 N–H and O–H groups in total. The molecular formula is C15H20F3N3O3. The van der Waals surface area contributed by atoms with Gasteiger partial charge in [0.1, 0.15) is 11.3 Å². The minimum absolute atomic E-state index is 0.0322. The molecule has 1 amide bonds. The molecule has 2 heterocycles. The molecule has 0 aliphatic carbocycles. The molecule has 0 spiro atoms. The number of carbonyl (C=O) groups excluding carboxylic acids is 1. The van der Waals surface area contributed by atoms with Gasteiger partial charge < -0.3 is 19.9 Å². The first kappa shape index (κ1) is 18.5. The molecule has 24 heavy (non-hydrogen) atoms. The number of halogens is 3.